The number of ether oxygens (including phenoxy) is 2. The molecule has 0 unspecified atom stereocenters. The van der Waals surface area contributed by atoms with Crippen molar-refractivity contribution in [1.82, 2.24) is 9.88 Å². The van der Waals surface area contributed by atoms with Crippen molar-refractivity contribution in [3.63, 3.8) is 0 Å². The normalized spacial score (nSPS) is 21.6. The lowest BCUT2D eigenvalue weighted by molar-refractivity contribution is -0.0644. The zero-order valence-corrected chi connectivity index (χ0v) is 13.8. The van der Waals surface area contributed by atoms with E-state index < -0.39 is 0 Å². The molecule has 0 aliphatic carbocycles. The molecular formula is C15H23ClN2O3. The first kappa shape index (κ1) is 17.7. The Hall–Kier alpha value is -1.33. The first-order chi connectivity index (χ1) is 9.44. The number of hydrogen-bond donors (Lipinski definition) is 0. The molecule has 1 aliphatic heterocycles. The van der Waals surface area contributed by atoms with Gasteiger partial charge in [-0.3, -0.25) is 4.98 Å². The van der Waals surface area contributed by atoms with Gasteiger partial charge < -0.3 is 14.4 Å². The topological polar surface area (TPSA) is 51.7 Å². The number of carbonyl (C=O) groups is 1. The second-order valence-corrected chi connectivity index (χ2v) is 5.48. The van der Waals surface area contributed by atoms with Crippen LogP contribution in [0.4, 0.5) is 4.79 Å². The number of pyridine rings is 1. The number of rotatable bonds is 2. The maximum Gasteiger partial charge on any atom is 0.410 e. The quantitative estimate of drug-likeness (QED) is 0.842. The molecule has 6 heteroatoms. The molecule has 1 aromatic heterocycles. The highest BCUT2D eigenvalue weighted by molar-refractivity contribution is 5.85. The molecule has 0 radical (unpaired) electrons. The average molecular weight is 315 g/mol. The monoisotopic (exact) mass is 314 g/mol. The van der Waals surface area contributed by atoms with Crippen molar-refractivity contribution >= 4 is 18.5 Å². The summed E-state index contributed by atoms with van der Waals surface area (Å²) in [5.41, 5.74) is 2.84. The van der Waals surface area contributed by atoms with E-state index in [9.17, 15) is 4.79 Å². The molecule has 21 heavy (non-hydrogen) atoms. The molecule has 0 N–H and O–H groups in total. The van der Waals surface area contributed by atoms with E-state index in [0.717, 1.165) is 17.0 Å². The Labute approximate surface area is 132 Å². The number of carbonyl (C=O) groups excluding carboxylic acids is 1. The minimum absolute atomic E-state index is 0. The van der Waals surface area contributed by atoms with E-state index in [0.29, 0.717) is 13.1 Å². The molecule has 2 rings (SSSR count). The van der Waals surface area contributed by atoms with Crippen molar-refractivity contribution in [2.24, 2.45) is 0 Å². The van der Waals surface area contributed by atoms with Crippen LogP contribution in [0, 0.1) is 13.8 Å². The van der Waals surface area contributed by atoms with Crippen molar-refractivity contribution in [1.29, 1.82) is 0 Å². The predicted molar refractivity (Wildman–Crippen MR) is 82.7 cm³/mol. The van der Waals surface area contributed by atoms with Crippen LogP contribution in [-0.4, -0.2) is 41.3 Å². The van der Waals surface area contributed by atoms with E-state index in [-0.39, 0.29) is 37.3 Å². The average Bonchev–Trinajstić information content (AvgIpc) is 2.33. The van der Waals surface area contributed by atoms with Crippen molar-refractivity contribution in [3.05, 3.63) is 29.1 Å². The van der Waals surface area contributed by atoms with Crippen LogP contribution in [0.2, 0.25) is 0 Å². The minimum atomic E-state index is -0.279. The standard InChI is InChI=1S/C15H22N2O3.ClH/c1-10-5-14(6-11(2)16-10)9-19-15(18)17-7-12(3)20-13(4)8-17;/h5-6,12-13H,7-9H2,1-4H3;1H/t12-,13+;. The van der Waals surface area contributed by atoms with Crippen molar-refractivity contribution in [2.45, 2.75) is 46.5 Å². The molecule has 1 aromatic rings. The van der Waals surface area contributed by atoms with Crippen LogP contribution in [0.15, 0.2) is 12.1 Å². The van der Waals surface area contributed by atoms with Crippen LogP contribution in [0.25, 0.3) is 0 Å². The predicted octanol–water partition coefficient (Wildman–Crippen LogP) is 2.87. The summed E-state index contributed by atoms with van der Waals surface area (Å²) >= 11 is 0. The van der Waals surface area contributed by atoms with Gasteiger partial charge in [0, 0.05) is 11.4 Å². The summed E-state index contributed by atoms with van der Waals surface area (Å²) < 4.78 is 11.0. The Bertz CT molecular complexity index is 466. The van der Waals surface area contributed by atoms with Crippen molar-refractivity contribution in [3.8, 4) is 0 Å². The molecule has 0 saturated carbocycles. The van der Waals surface area contributed by atoms with E-state index >= 15 is 0 Å². The summed E-state index contributed by atoms with van der Waals surface area (Å²) in [6.07, 6.45) is -0.174. The highest BCUT2D eigenvalue weighted by atomic mass is 35.5. The fourth-order valence-corrected chi connectivity index (χ4v) is 2.57. The molecule has 2 atom stereocenters. The van der Waals surface area contributed by atoms with Crippen LogP contribution in [-0.2, 0) is 16.1 Å². The van der Waals surface area contributed by atoms with Gasteiger partial charge in [0.05, 0.1) is 25.3 Å². The van der Waals surface area contributed by atoms with Crippen LogP contribution < -0.4 is 0 Å². The summed E-state index contributed by atoms with van der Waals surface area (Å²) in [6.45, 7) is 9.24. The van der Waals surface area contributed by atoms with Gasteiger partial charge in [-0.25, -0.2) is 4.79 Å². The number of nitrogens with zero attached hydrogens (tertiary/aromatic N) is 2. The van der Waals surface area contributed by atoms with Gasteiger partial charge in [0.2, 0.25) is 0 Å². The van der Waals surface area contributed by atoms with E-state index in [2.05, 4.69) is 4.98 Å². The summed E-state index contributed by atoms with van der Waals surface area (Å²) in [7, 11) is 0. The lowest BCUT2D eigenvalue weighted by atomic mass is 10.2. The molecule has 1 aliphatic rings. The maximum atomic E-state index is 12.1. The molecule has 2 heterocycles. The number of halogens is 1. The molecule has 0 bridgehead atoms. The Kier molecular flexibility index (Phi) is 6.42. The van der Waals surface area contributed by atoms with Gasteiger partial charge in [-0.05, 0) is 45.4 Å². The molecular weight excluding hydrogens is 292 g/mol. The smallest absolute Gasteiger partial charge is 0.410 e. The van der Waals surface area contributed by atoms with Gasteiger partial charge in [-0.2, -0.15) is 0 Å². The van der Waals surface area contributed by atoms with Gasteiger partial charge in [0.25, 0.3) is 0 Å². The van der Waals surface area contributed by atoms with E-state index in [4.69, 9.17) is 9.47 Å². The Morgan fingerprint density at radius 1 is 1.29 bits per heavy atom. The fourth-order valence-electron chi connectivity index (χ4n) is 2.57. The summed E-state index contributed by atoms with van der Waals surface area (Å²) in [6, 6.07) is 3.87. The number of morpholine rings is 1. The van der Waals surface area contributed by atoms with Crippen LogP contribution in [0.1, 0.15) is 30.8 Å². The van der Waals surface area contributed by atoms with Crippen molar-refractivity contribution in [2.75, 3.05) is 13.1 Å². The van der Waals surface area contributed by atoms with Gasteiger partial charge >= 0.3 is 6.09 Å². The number of hydrogen-bond acceptors (Lipinski definition) is 4. The minimum Gasteiger partial charge on any atom is -0.445 e. The number of aromatic nitrogens is 1. The summed E-state index contributed by atoms with van der Waals surface area (Å²) in [5, 5.41) is 0. The van der Waals surface area contributed by atoms with E-state index in [1.54, 1.807) is 4.90 Å². The molecule has 5 nitrogen and oxygen atoms in total. The van der Waals surface area contributed by atoms with Gasteiger partial charge in [0.1, 0.15) is 6.61 Å². The third-order valence-electron chi connectivity index (χ3n) is 3.18. The van der Waals surface area contributed by atoms with Crippen LogP contribution in [0.3, 0.4) is 0 Å². The lowest BCUT2D eigenvalue weighted by Crippen LogP contribution is -2.48. The maximum absolute atomic E-state index is 12.1. The van der Waals surface area contributed by atoms with E-state index in [1.165, 1.54) is 0 Å². The fraction of sp³-hybridized carbons (Fsp3) is 0.600. The zero-order valence-electron chi connectivity index (χ0n) is 13.0. The number of amides is 1. The highest BCUT2D eigenvalue weighted by Crippen LogP contribution is 2.13. The first-order valence-corrected chi connectivity index (χ1v) is 6.95. The zero-order chi connectivity index (χ0) is 14.7. The molecule has 0 spiro atoms. The van der Waals surface area contributed by atoms with Gasteiger partial charge in [-0.1, -0.05) is 0 Å². The van der Waals surface area contributed by atoms with E-state index in [1.807, 2.05) is 39.8 Å². The molecule has 0 aromatic carbocycles. The summed E-state index contributed by atoms with van der Waals surface area (Å²) in [5.74, 6) is 0. The molecule has 1 saturated heterocycles. The molecule has 1 amide bonds. The largest absolute Gasteiger partial charge is 0.445 e. The van der Waals surface area contributed by atoms with Gasteiger partial charge in [0.15, 0.2) is 0 Å². The Morgan fingerprint density at radius 2 is 1.81 bits per heavy atom. The SMILES string of the molecule is Cc1cc(COC(=O)N2C[C@@H](C)O[C@@H](C)C2)cc(C)n1.Cl. The molecule has 118 valence electrons. The third-order valence-corrected chi connectivity index (χ3v) is 3.18. The summed E-state index contributed by atoms with van der Waals surface area (Å²) in [4.78, 5) is 18.1. The lowest BCUT2D eigenvalue weighted by Gasteiger charge is -2.34. The van der Waals surface area contributed by atoms with Crippen LogP contribution >= 0.6 is 12.4 Å². The second kappa shape index (κ2) is 7.61. The highest BCUT2D eigenvalue weighted by Gasteiger charge is 2.26. The Morgan fingerprint density at radius 3 is 2.33 bits per heavy atom. The Balaban J connectivity index is 0.00000220. The molecule has 1 fully saturated rings. The van der Waals surface area contributed by atoms with Crippen molar-refractivity contribution < 1.29 is 14.3 Å². The number of aryl methyl sites for hydroxylation is 2. The second-order valence-electron chi connectivity index (χ2n) is 5.48. The first-order valence-electron chi connectivity index (χ1n) is 6.95. The van der Waals surface area contributed by atoms with Gasteiger partial charge in [-0.15, -0.1) is 12.4 Å². The third kappa shape index (κ3) is 5.17. The van der Waals surface area contributed by atoms with Crippen LogP contribution in [0.5, 0.6) is 0 Å².